The highest BCUT2D eigenvalue weighted by Crippen LogP contribution is 2.28. The van der Waals surface area contributed by atoms with Gasteiger partial charge in [0.2, 0.25) is 5.95 Å². The summed E-state index contributed by atoms with van der Waals surface area (Å²) >= 11 is 6.10. The van der Waals surface area contributed by atoms with Gasteiger partial charge < -0.3 is 5.73 Å². The highest BCUT2D eigenvalue weighted by molar-refractivity contribution is 6.33. The van der Waals surface area contributed by atoms with E-state index in [1.54, 1.807) is 31.2 Å². The number of nitrogen functional groups attached to an aromatic ring is 1. The Morgan fingerprint density at radius 3 is 2.77 bits per heavy atom. The summed E-state index contributed by atoms with van der Waals surface area (Å²) < 4.78 is 0. The summed E-state index contributed by atoms with van der Waals surface area (Å²) in [6.07, 6.45) is 0. The van der Waals surface area contributed by atoms with Gasteiger partial charge in [0, 0.05) is 11.6 Å². The molecule has 0 spiro atoms. The number of halogens is 1. The highest BCUT2D eigenvalue weighted by atomic mass is 35.5. The Bertz CT molecular complexity index is 1020. The van der Waals surface area contributed by atoms with Crippen LogP contribution in [0.4, 0.5) is 17.3 Å². The molecule has 0 fully saturated rings. The number of aryl methyl sites for hydroxylation is 1. The quantitative estimate of drug-likeness (QED) is 0.365. The number of rotatable bonds is 4. The van der Waals surface area contributed by atoms with E-state index < -0.39 is 10.8 Å². The van der Waals surface area contributed by atoms with Crippen LogP contribution in [-0.4, -0.2) is 26.0 Å². The number of carbonyl (C=O) groups is 1. The molecule has 0 aliphatic carbocycles. The number of aromatic amines is 1. The number of hydrogen-bond donors (Lipinski definition) is 3. The summed E-state index contributed by atoms with van der Waals surface area (Å²) in [7, 11) is 0. The average molecular weight is 373 g/mol. The van der Waals surface area contributed by atoms with Crippen molar-refractivity contribution in [1.29, 1.82) is 0 Å². The molecule has 0 aliphatic rings. The van der Waals surface area contributed by atoms with Gasteiger partial charge in [0.1, 0.15) is 5.69 Å². The van der Waals surface area contributed by atoms with E-state index in [0.29, 0.717) is 22.0 Å². The minimum absolute atomic E-state index is 0.00604. The van der Waals surface area contributed by atoms with Crippen molar-refractivity contribution in [3.63, 3.8) is 0 Å². The van der Waals surface area contributed by atoms with E-state index in [4.69, 9.17) is 17.3 Å². The molecule has 0 bridgehead atoms. The van der Waals surface area contributed by atoms with Gasteiger partial charge in [-0.2, -0.15) is 4.98 Å². The predicted molar refractivity (Wildman–Crippen MR) is 97.0 cm³/mol. The van der Waals surface area contributed by atoms with Gasteiger partial charge in [-0.05, 0) is 30.7 Å². The summed E-state index contributed by atoms with van der Waals surface area (Å²) in [5.74, 6) is -0.290. The van der Waals surface area contributed by atoms with Crippen molar-refractivity contribution in [3.8, 4) is 11.4 Å². The smallest absolute Gasteiger partial charge is 0.293 e. The molecule has 1 heterocycles. The third kappa shape index (κ3) is 3.33. The highest BCUT2D eigenvalue weighted by Gasteiger charge is 2.21. The second kappa shape index (κ2) is 6.81. The van der Waals surface area contributed by atoms with Crippen molar-refractivity contribution in [2.24, 2.45) is 0 Å². The number of nitro benzene ring substituents is 1. The average Bonchev–Trinajstić information content (AvgIpc) is 3.05. The van der Waals surface area contributed by atoms with E-state index >= 15 is 0 Å². The topological polar surface area (TPSA) is 140 Å². The van der Waals surface area contributed by atoms with Crippen molar-refractivity contribution < 1.29 is 9.72 Å². The molecule has 0 atom stereocenters. The van der Waals surface area contributed by atoms with Crippen molar-refractivity contribution >= 4 is 34.8 Å². The Labute approximate surface area is 152 Å². The molecule has 1 aromatic heterocycles. The van der Waals surface area contributed by atoms with Crippen molar-refractivity contribution in [3.05, 3.63) is 62.7 Å². The largest absolute Gasteiger partial charge is 0.393 e. The van der Waals surface area contributed by atoms with Crippen LogP contribution >= 0.6 is 11.6 Å². The van der Waals surface area contributed by atoms with Gasteiger partial charge in [0.05, 0.1) is 15.5 Å². The zero-order valence-electron chi connectivity index (χ0n) is 13.5. The SMILES string of the molecule is Cc1cc(C(=O)Nc2n[nH]c(-c3ccccc3Cl)n2)c(N)c([N+](=O)[O-])c1. The zero-order chi connectivity index (χ0) is 18.8. The number of hydrogen-bond acceptors (Lipinski definition) is 6. The second-order valence-electron chi connectivity index (χ2n) is 5.44. The Hall–Kier alpha value is -3.46. The van der Waals surface area contributed by atoms with Gasteiger partial charge >= 0.3 is 0 Å². The van der Waals surface area contributed by atoms with Gasteiger partial charge in [-0.1, -0.05) is 23.7 Å². The lowest BCUT2D eigenvalue weighted by Gasteiger charge is -2.07. The number of nitro groups is 1. The van der Waals surface area contributed by atoms with Crippen LogP contribution in [0.15, 0.2) is 36.4 Å². The van der Waals surface area contributed by atoms with Gasteiger partial charge in [-0.25, -0.2) is 0 Å². The van der Waals surface area contributed by atoms with E-state index in [2.05, 4.69) is 20.5 Å². The van der Waals surface area contributed by atoms with Gasteiger partial charge in [-0.3, -0.25) is 25.3 Å². The lowest BCUT2D eigenvalue weighted by molar-refractivity contribution is -0.384. The van der Waals surface area contributed by atoms with Gasteiger partial charge in [-0.15, -0.1) is 5.10 Å². The zero-order valence-corrected chi connectivity index (χ0v) is 14.2. The number of nitrogens with two attached hydrogens (primary N) is 1. The molecule has 0 saturated heterocycles. The maximum atomic E-state index is 12.4. The van der Waals surface area contributed by atoms with Crippen LogP contribution in [-0.2, 0) is 0 Å². The Balaban J connectivity index is 1.88. The maximum Gasteiger partial charge on any atom is 0.293 e. The first-order chi connectivity index (χ1) is 12.4. The molecule has 132 valence electrons. The first-order valence-electron chi connectivity index (χ1n) is 7.40. The van der Waals surface area contributed by atoms with Crippen molar-refractivity contribution in [2.45, 2.75) is 6.92 Å². The summed E-state index contributed by atoms with van der Waals surface area (Å²) in [6.45, 7) is 1.63. The van der Waals surface area contributed by atoms with Crippen molar-refractivity contribution in [1.82, 2.24) is 15.2 Å². The predicted octanol–water partition coefficient (Wildman–Crippen LogP) is 3.18. The van der Waals surface area contributed by atoms with Gasteiger partial charge in [0.15, 0.2) is 5.82 Å². The number of aromatic nitrogens is 3. The normalized spacial score (nSPS) is 10.5. The van der Waals surface area contributed by atoms with E-state index in [1.807, 2.05) is 0 Å². The maximum absolute atomic E-state index is 12.4. The minimum atomic E-state index is -0.654. The van der Waals surface area contributed by atoms with E-state index in [9.17, 15) is 14.9 Å². The third-order valence-electron chi connectivity index (χ3n) is 3.58. The number of nitrogens with one attached hydrogen (secondary N) is 2. The Morgan fingerprint density at radius 1 is 1.35 bits per heavy atom. The molecule has 9 nitrogen and oxygen atoms in total. The number of carbonyl (C=O) groups excluding carboxylic acids is 1. The third-order valence-corrected chi connectivity index (χ3v) is 3.91. The summed E-state index contributed by atoms with van der Waals surface area (Å²) in [5, 5.41) is 20.6. The number of anilines is 2. The van der Waals surface area contributed by atoms with Crippen molar-refractivity contribution in [2.75, 3.05) is 11.1 Å². The molecule has 0 radical (unpaired) electrons. The summed E-state index contributed by atoms with van der Waals surface area (Å²) in [6, 6.07) is 9.77. The molecular weight excluding hydrogens is 360 g/mol. The fourth-order valence-corrected chi connectivity index (χ4v) is 2.60. The first-order valence-corrected chi connectivity index (χ1v) is 7.77. The van der Waals surface area contributed by atoms with Crippen LogP contribution in [0.25, 0.3) is 11.4 Å². The number of nitrogens with zero attached hydrogens (tertiary/aromatic N) is 3. The minimum Gasteiger partial charge on any atom is -0.393 e. The molecule has 0 aliphatic heterocycles. The van der Waals surface area contributed by atoms with Crippen LogP contribution in [0.3, 0.4) is 0 Å². The van der Waals surface area contributed by atoms with E-state index in [1.165, 1.54) is 12.1 Å². The molecule has 3 aromatic rings. The molecule has 1 amide bonds. The fraction of sp³-hybridized carbons (Fsp3) is 0.0625. The number of H-pyrrole nitrogens is 1. The van der Waals surface area contributed by atoms with Gasteiger partial charge in [0.25, 0.3) is 11.6 Å². The number of benzene rings is 2. The molecule has 0 unspecified atom stereocenters. The summed E-state index contributed by atoms with van der Waals surface area (Å²) in [4.78, 5) is 27.0. The van der Waals surface area contributed by atoms with Crippen LogP contribution in [0.1, 0.15) is 15.9 Å². The van der Waals surface area contributed by atoms with Crippen LogP contribution in [0.2, 0.25) is 5.02 Å². The van der Waals surface area contributed by atoms with Crippen LogP contribution in [0, 0.1) is 17.0 Å². The van der Waals surface area contributed by atoms with E-state index in [-0.39, 0.29) is 22.9 Å². The monoisotopic (exact) mass is 372 g/mol. The molecular formula is C16H13ClN6O3. The summed E-state index contributed by atoms with van der Waals surface area (Å²) in [5.41, 5.74) is 6.32. The lowest BCUT2D eigenvalue weighted by Crippen LogP contribution is -2.16. The second-order valence-corrected chi connectivity index (χ2v) is 5.85. The van der Waals surface area contributed by atoms with Crippen LogP contribution in [0.5, 0.6) is 0 Å². The molecule has 26 heavy (non-hydrogen) atoms. The Morgan fingerprint density at radius 2 is 2.08 bits per heavy atom. The molecule has 4 N–H and O–H groups in total. The molecule has 2 aromatic carbocycles. The molecule has 0 saturated carbocycles. The standard InChI is InChI=1S/C16H13ClN6O3/c1-8-6-10(13(18)12(7-8)23(25)26)15(24)20-16-19-14(21-22-16)9-4-2-3-5-11(9)17/h2-7H,18H2,1H3,(H2,19,20,21,22,24). The molecule has 3 rings (SSSR count). The van der Waals surface area contributed by atoms with Crippen LogP contribution < -0.4 is 11.1 Å². The van der Waals surface area contributed by atoms with E-state index in [0.717, 1.165) is 0 Å². The lowest BCUT2D eigenvalue weighted by atomic mass is 10.1. The first kappa shape index (κ1) is 17.4. The fourth-order valence-electron chi connectivity index (χ4n) is 2.38. The molecule has 10 heteroatoms. The number of amides is 1. The Kier molecular flexibility index (Phi) is 4.55.